The summed E-state index contributed by atoms with van der Waals surface area (Å²) in [4.78, 5) is 31.2. The van der Waals surface area contributed by atoms with Crippen molar-refractivity contribution in [3.63, 3.8) is 0 Å². The molecule has 140 valence electrons. The summed E-state index contributed by atoms with van der Waals surface area (Å²) in [5.41, 5.74) is 2.74. The predicted octanol–water partition coefficient (Wildman–Crippen LogP) is 2.04. The normalized spacial score (nSPS) is 13.9. The summed E-state index contributed by atoms with van der Waals surface area (Å²) < 4.78 is 10.7. The SMILES string of the molecule is C[C@H](C(=O)Nc1ccc2[nH]c(=O)[nH]c2c1)N(C)Cc1ccc2c(c1)OCO2. The first-order valence-electron chi connectivity index (χ1n) is 8.61. The Morgan fingerprint density at radius 1 is 1.15 bits per heavy atom. The fourth-order valence-electron chi connectivity index (χ4n) is 3.02. The van der Waals surface area contributed by atoms with Crippen molar-refractivity contribution in [2.75, 3.05) is 19.2 Å². The largest absolute Gasteiger partial charge is 0.454 e. The highest BCUT2D eigenvalue weighted by molar-refractivity contribution is 5.96. The van der Waals surface area contributed by atoms with E-state index in [1.54, 1.807) is 18.2 Å². The van der Waals surface area contributed by atoms with Crippen molar-refractivity contribution in [3.05, 3.63) is 52.4 Å². The first-order chi connectivity index (χ1) is 13.0. The molecular weight excluding hydrogens is 348 g/mol. The summed E-state index contributed by atoms with van der Waals surface area (Å²) in [5, 5.41) is 2.89. The number of H-pyrrole nitrogens is 2. The molecule has 0 unspecified atom stereocenters. The van der Waals surface area contributed by atoms with E-state index in [0.717, 1.165) is 17.1 Å². The number of aromatic amines is 2. The van der Waals surface area contributed by atoms with E-state index in [1.165, 1.54) is 0 Å². The molecule has 1 aliphatic rings. The smallest absolute Gasteiger partial charge is 0.323 e. The summed E-state index contributed by atoms with van der Waals surface area (Å²) in [7, 11) is 1.89. The van der Waals surface area contributed by atoms with Gasteiger partial charge in [0.25, 0.3) is 0 Å². The standard InChI is InChI=1S/C19H20N4O4/c1-11(23(2)9-12-3-6-16-17(7-12)27-10-26-16)18(24)20-13-4-5-14-15(8-13)22-19(25)21-14/h3-8,11H,9-10H2,1-2H3,(H,20,24)(H2,21,22,25)/t11-/m1/s1. The molecule has 0 radical (unpaired) electrons. The van der Waals surface area contributed by atoms with Gasteiger partial charge < -0.3 is 24.8 Å². The number of likely N-dealkylation sites (N-methyl/N-ethyl adjacent to an activating group) is 1. The first-order valence-corrected chi connectivity index (χ1v) is 8.61. The van der Waals surface area contributed by atoms with Gasteiger partial charge in [0.2, 0.25) is 12.7 Å². The number of nitrogens with zero attached hydrogens (tertiary/aromatic N) is 1. The average Bonchev–Trinajstić information content (AvgIpc) is 3.25. The van der Waals surface area contributed by atoms with Gasteiger partial charge in [-0.2, -0.15) is 0 Å². The van der Waals surface area contributed by atoms with Gasteiger partial charge in [-0.05, 0) is 49.9 Å². The molecule has 3 aromatic rings. The number of imidazole rings is 1. The number of carbonyl (C=O) groups is 1. The minimum Gasteiger partial charge on any atom is -0.454 e. The molecule has 8 heteroatoms. The Labute approximate surface area is 155 Å². The Kier molecular flexibility index (Phi) is 4.33. The second kappa shape index (κ2) is 6.81. The van der Waals surface area contributed by atoms with Crippen molar-refractivity contribution in [1.82, 2.24) is 14.9 Å². The fraction of sp³-hybridized carbons (Fsp3) is 0.263. The lowest BCUT2D eigenvalue weighted by Gasteiger charge is -2.24. The van der Waals surface area contributed by atoms with E-state index < -0.39 is 0 Å². The van der Waals surface area contributed by atoms with Crippen LogP contribution in [0, 0.1) is 0 Å². The highest BCUT2D eigenvalue weighted by atomic mass is 16.7. The van der Waals surface area contributed by atoms with Crippen LogP contribution in [-0.4, -0.2) is 40.7 Å². The number of hydrogen-bond donors (Lipinski definition) is 3. The van der Waals surface area contributed by atoms with Gasteiger partial charge in [0.15, 0.2) is 11.5 Å². The molecular formula is C19H20N4O4. The lowest BCUT2D eigenvalue weighted by atomic mass is 10.1. The number of anilines is 1. The number of nitrogens with one attached hydrogen (secondary N) is 3. The molecule has 1 aliphatic heterocycles. The lowest BCUT2D eigenvalue weighted by Crippen LogP contribution is -2.39. The summed E-state index contributed by atoms with van der Waals surface area (Å²) in [6.45, 7) is 2.68. The summed E-state index contributed by atoms with van der Waals surface area (Å²) in [6, 6.07) is 10.7. The zero-order chi connectivity index (χ0) is 19.0. The maximum absolute atomic E-state index is 12.6. The molecule has 1 amide bonds. The fourth-order valence-corrected chi connectivity index (χ4v) is 3.02. The first kappa shape index (κ1) is 17.2. The quantitative estimate of drug-likeness (QED) is 0.640. The Morgan fingerprint density at radius 2 is 1.93 bits per heavy atom. The molecule has 0 spiro atoms. The van der Waals surface area contributed by atoms with Crippen molar-refractivity contribution in [2.45, 2.75) is 19.5 Å². The number of hydrogen-bond acceptors (Lipinski definition) is 5. The number of carbonyl (C=O) groups excluding carboxylic acids is 1. The van der Waals surface area contributed by atoms with Gasteiger partial charge in [-0.3, -0.25) is 9.69 Å². The molecule has 2 aromatic carbocycles. The van der Waals surface area contributed by atoms with E-state index >= 15 is 0 Å². The van der Waals surface area contributed by atoms with Crippen LogP contribution in [0.15, 0.2) is 41.2 Å². The summed E-state index contributed by atoms with van der Waals surface area (Å²) in [5.74, 6) is 1.34. The van der Waals surface area contributed by atoms with Crippen LogP contribution in [0.2, 0.25) is 0 Å². The van der Waals surface area contributed by atoms with Gasteiger partial charge in [0, 0.05) is 12.2 Å². The molecule has 3 N–H and O–H groups in total. The van der Waals surface area contributed by atoms with E-state index in [0.29, 0.717) is 23.3 Å². The Balaban J connectivity index is 1.42. The van der Waals surface area contributed by atoms with E-state index in [4.69, 9.17) is 9.47 Å². The average molecular weight is 368 g/mol. The summed E-state index contributed by atoms with van der Waals surface area (Å²) in [6.07, 6.45) is 0. The molecule has 4 rings (SSSR count). The Morgan fingerprint density at radius 3 is 2.78 bits per heavy atom. The molecule has 0 saturated carbocycles. The molecule has 1 atom stereocenters. The van der Waals surface area contributed by atoms with Crippen LogP contribution in [0.1, 0.15) is 12.5 Å². The van der Waals surface area contributed by atoms with Crippen molar-refractivity contribution in [2.24, 2.45) is 0 Å². The van der Waals surface area contributed by atoms with Crippen LogP contribution in [-0.2, 0) is 11.3 Å². The van der Waals surface area contributed by atoms with Crippen molar-refractivity contribution in [3.8, 4) is 11.5 Å². The van der Waals surface area contributed by atoms with Gasteiger partial charge in [-0.25, -0.2) is 4.79 Å². The van der Waals surface area contributed by atoms with Crippen LogP contribution in [0.4, 0.5) is 5.69 Å². The maximum Gasteiger partial charge on any atom is 0.323 e. The van der Waals surface area contributed by atoms with Gasteiger partial charge in [-0.15, -0.1) is 0 Å². The third kappa shape index (κ3) is 3.52. The monoisotopic (exact) mass is 368 g/mol. The lowest BCUT2D eigenvalue weighted by molar-refractivity contribution is -0.120. The van der Waals surface area contributed by atoms with E-state index in [2.05, 4.69) is 15.3 Å². The van der Waals surface area contributed by atoms with Gasteiger partial charge in [-0.1, -0.05) is 6.07 Å². The second-order valence-corrected chi connectivity index (χ2v) is 6.61. The topological polar surface area (TPSA) is 99.5 Å². The molecule has 1 aromatic heterocycles. The van der Waals surface area contributed by atoms with Gasteiger partial charge in [0.05, 0.1) is 17.1 Å². The van der Waals surface area contributed by atoms with Crippen LogP contribution >= 0.6 is 0 Å². The molecule has 0 aliphatic carbocycles. The van der Waals surface area contributed by atoms with Crippen LogP contribution in [0.5, 0.6) is 11.5 Å². The highest BCUT2D eigenvalue weighted by Gasteiger charge is 2.20. The zero-order valence-corrected chi connectivity index (χ0v) is 15.0. The third-order valence-electron chi connectivity index (χ3n) is 4.69. The minimum absolute atomic E-state index is 0.129. The van der Waals surface area contributed by atoms with Crippen LogP contribution in [0.3, 0.4) is 0 Å². The number of rotatable bonds is 5. The van der Waals surface area contributed by atoms with E-state index in [1.807, 2.05) is 37.1 Å². The van der Waals surface area contributed by atoms with Crippen molar-refractivity contribution < 1.29 is 14.3 Å². The van der Waals surface area contributed by atoms with Crippen LogP contribution in [0.25, 0.3) is 11.0 Å². The van der Waals surface area contributed by atoms with Crippen molar-refractivity contribution >= 4 is 22.6 Å². The molecule has 27 heavy (non-hydrogen) atoms. The number of fused-ring (bicyclic) bond motifs is 2. The molecule has 0 bridgehead atoms. The number of benzene rings is 2. The Bertz CT molecular complexity index is 1060. The number of amides is 1. The zero-order valence-electron chi connectivity index (χ0n) is 15.0. The van der Waals surface area contributed by atoms with Gasteiger partial charge >= 0.3 is 5.69 Å². The van der Waals surface area contributed by atoms with Crippen LogP contribution < -0.4 is 20.5 Å². The van der Waals surface area contributed by atoms with Crippen molar-refractivity contribution in [1.29, 1.82) is 0 Å². The number of ether oxygens (including phenoxy) is 2. The summed E-state index contributed by atoms with van der Waals surface area (Å²) >= 11 is 0. The molecule has 0 saturated heterocycles. The van der Waals surface area contributed by atoms with E-state index in [9.17, 15) is 9.59 Å². The molecule has 2 heterocycles. The highest BCUT2D eigenvalue weighted by Crippen LogP contribution is 2.32. The second-order valence-electron chi connectivity index (χ2n) is 6.61. The minimum atomic E-state index is -0.351. The molecule has 0 fully saturated rings. The van der Waals surface area contributed by atoms with Gasteiger partial charge in [0.1, 0.15) is 0 Å². The molecule has 8 nitrogen and oxygen atoms in total. The Hall–Kier alpha value is -3.26. The predicted molar refractivity (Wildman–Crippen MR) is 101 cm³/mol. The maximum atomic E-state index is 12.6. The third-order valence-corrected chi connectivity index (χ3v) is 4.69. The number of aromatic nitrogens is 2. The van der Waals surface area contributed by atoms with E-state index in [-0.39, 0.29) is 24.4 Å².